The largest absolute Gasteiger partial charge is 0.341 e. The van der Waals surface area contributed by atoms with E-state index in [-0.39, 0.29) is 0 Å². The number of benzene rings is 6. The highest BCUT2D eigenvalue weighted by Crippen LogP contribution is 2.65. The Bertz CT molecular complexity index is 2860. The second kappa shape index (κ2) is 16.5. The van der Waals surface area contributed by atoms with Crippen molar-refractivity contribution in [3.63, 3.8) is 0 Å². The first-order chi connectivity index (χ1) is 29.3. The summed E-state index contributed by atoms with van der Waals surface area (Å²) in [6.45, 7) is 4.96. The number of aromatic nitrogens is 2. The molecule has 2 aliphatic rings. The fraction of sp³-hybridized carbons (Fsp3) is 0.296. The summed E-state index contributed by atoms with van der Waals surface area (Å²) in [6.07, 6.45) is 17.0. The summed E-state index contributed by atoms with van der Waals surface area (Å²) in [5, 5.41) is 12.2. The highest BCUT2D eigenvalue weighted by molar-refractivity contribution is 7.90. The monoisotopic (exact) mass is 823 g/mol. The second-order valence-corrected chi connectivity index (χ2v) is 23.2. The van der Waals surface area contributed by atoms with Crippen LogP contribution in [-0.4, -0.2) is 42.0 Å². The fourth-order valence-electron chi connectivity index (χ4n) is 10.6. The average molecular weight is 824 g/mol. The van der Waals surface area contributed by atoms with Crippen molar-refractivity contribution in [2.45, 2.75) is 82.4 Å². The van der Waals surface area contributed by atoms with Crippen LogP contribution in [0.4, 0.5) is 22.7 Å². The fourth-order valence-corrected chi connectivity index (χ4v) is 17.1. The molecule has 0 spiro atoms. The third-order valence-electron chi connectivity index (χ3n) is 14.0. The van der Waals surface area contributed by atoms with Gasteiger partial charge >= 0.3 is 0 Å². The lowest BCUT2D eigenvalue weighted by molar-refractivity contribution is 0.511. The Labute approximate surface area is 358 Å². The predicted octanol–water partition coefficient (Wildman–Crippen LogP) is 13.5. The van der Waals surface area contributed by atoms with E-state index in [2.05, 4.69) is 153 Å². The van der Waals surface area contributed by atoms with E-state index in [1.807, 2.05) is 18.5 Å². The van der Waals surface area contributed by atoms with Gasteiger partial charge in [-0.15, -0.1) is 0 Å². The molecule has 0 aliphatic heterocycles. The molecular weight excluding hydrogens is 767 g/mol. The van der Waals surface area contributed by atoms with E-state index in [1.54, 1.807) is 0 Å². The normalized spacial score (nSPS) is 16.6. The molecule has 2 saturated carbocycles. The molecule has 0 saturated heterocycles. The lowest BCUT2D eigenvalue weighted by Crippen LogP contribution is -2.37. The van der Waals surface area contributed by atoms with Gasteiger partial charge < -0.3 is 9.80 Å². The zero-order valence-electron chi connectivity index (χ0n) is 35.7. The molecule has 0 amide bonds. The van der Waals surface area contributed by atoms with Crippen LogP contribution in [0, 0.1) is 6.92 Å². The molecule has 0 N–H and O–H groups in total. The summed E-state index contributed by atoms with van der Waals surface area (Å²) >= 11 is 0. The number of hydrogen-bond acceptors (Lipinski definition) is 4. The van der Waals surface area contributed by atoms with Crippen molar-refractivity contribution in [3.05, 3.63) is 139 Å². The number of anilines is 4. The maximum atomic E-state index is 4.97. The van der Waals surface area contributed by atoms with Gasteiger partial charge in [-0.3, -0.25) is 9.97 Å². The van der Waals surface area contributed by atoms with Crippen LogP contribution in [0.5, 0.6) is 0 Å². The van der Waals surface area contributed by atoms with Crippen LogP contribution in [0.15, 0.2) is 134 Å². The standard InChI is InChI=1S/C54H57N4P2/c1-37-29-42-21-15-27-55-46(42)35-48(37)57(2)51-36-47-43(22-16-28-56-47)34-54(51)60(4,45-25-9-6-10-26-45)53-33-41-20-14-12-18-39(41)31-50(53)58(3)49-30-38-17-11-13-19-40(38)32-52(49)59-44-23-7-5-8-24-44/h11-22,27-36,44-45,59H,5-10,23-26H2,1-4H3/q+1. The molecule has 2 aromatic heterocycles. The van der Waals surface area contributed by atoms with Crippen molar-refractivity contribution < 1.29 is 0 Å². The summed E-state index contributed by atoms with van der Waals surface area (Å²) in [5.41, 5.74) is 9.79. The number of nitrogens with zero attached hydrogens (tertiary/aromatic N) is 4. The second-order valence-electron chi connectivity index (χ2n) is 17.7. The lowest BCUT2D eigenvalue weighted by Gasteiger charge is -2.39. The summed E-state index contributed by atoms with van der Waals surface area (Å²) in [5.74, 6) is 0. The quantitative estimate of drug-likeness (QED) is 0.136. The first-order valence-corrected chi connectivity index (χ1v) is 25.6. The number of aryl methyl sites for hydroxylation is 1. The van der Waals surface area contributed by atoms with E-state index >= 15 is 0 Å². The van der Waals surface area contributed by atoms with E-state index in [0.29, 0.717) is 5.66 Å². The number of rotatable bonds is 9. The highest BCUT2D eigenvalue weighted by Gasteiger charge is 2.50. The first-order valence-electron chi connectivity index (χ1n) is 22.3. The molecule has 10 rings (SSSR count). The van der Waals surface area contributed by atoms with Crippen molar-refractivity contribution in [1.29, 1.82) is 0 Å². The van der Waals surface area contributed by atoms with Crippen molar-refractivity contribution in [2.24, 2.45) is 0 Å². The Morgan fingerprint density at radius 2 is 0.967 bits per heavy atom. The molecule has 60 heavy (non-hydrogen) atoms. The van der Waals surface area contributed by atoms with Gasteiger partial charge in [0.1, 0.15) is 10.6 Å². The zero-order valence-corrected chi connectivity index (χ0v) is 37.6. The Hall–Kier alpha value is -4.88. The van der Waals surface area contributed by atoms with Gasteiger partial charge in [0.05, 0.1) is 42.0 Å². The van der Waals surface area contributed by atoms with Crippen LogP contribution in [0.2, 0.25) is 0 Å². The van der Waals surface area contributed by atoms with Crippen molar-refractivity contribution in [2.75, 3.05) is 30.6 Å². The van der Waals surface area contributed by atoms with Crippen LogP contribution in [0.1, 0.15) is 69.8 Å². The Morgan fingerprint density at radius 3 is 1.60 bits per heavy atom. The molecule has 2 unspecified atom stereocenters. The Balaban J connectivity index is 1.23. The SMILES string of the molecule is Cc1cc2cccnc2cc1N(C)c1cc2ncccc2cc1[P+](C)(c1cc2ccccc2cc1N(C)c1cc2ccccc2cc1PC1CCCCC1)C1CCCCC1. The number of pyridine rings is 2. The van der Waals surface area contributed by atoms with Gasteiger partial charge in [-0.1, -0.05) is 94.9 Å². The molecule has 6 aromatic carbocycles. The van der Waals surface area contributed by atoms with E-state index in [9.17, 15) is 0 Å². The minimum atomic E-state index is -2.17. The predicted molar refractivity (Wildman–Crippen MR) is 266 cm³/mol. The summed E-state index contributed by atoms with van der Waals surface area (Å²) in [7, 11) is 3.29. The number of hydrogen-bond donors (Lipinski definition) is 0. The van der Waals surface area contributed by atoms with Crippen LogP contribution in [0.3, 0.4) is 0 Å². The van der Waals surface area contributed by atoms with Crippen molar-refractivity contribution >= 4 is 97.9 Å². The van der Waals surface area contributed by atoms with Crippen LogP contribution < -0.4 is 25.7 Å². The molecule has 2 atom stereocenters. The lowest BCUT2D eigenvalue weighted by atomic mass is 10.0. The van der Waals surface area contributed by atoms with Gasteiger partial charge in [0, 0.05) is 48.6 Å². The molecule has 2 aliphatic carbocycles. The molecule has 6 heteroatoms. The minimum Gasteiger partial charge on any atom is -0.341 e. The summed E-state index contributed by atoms with van der Waals surface area (Å²) < 4.78 is 0. The van der Waals surface area contributed by atoms with Crippen LogP contribution in [0.25, 0.3) is 43.4 Å². The number of fused-ring (bicyclic) bond motifs is 4. The van der Waals surface area contributed by atoms with Crippen molar-refractivity contribution in [3.8, 4) is 0 Å². The van der Waals surface area contributed by atoms with Gasteiger partial charge in [-0.2, -0.15) is 0 Å². The highest BCUT2D eigenvalue weighted by atomic mass is 31.2. The van der Waals surface area contributed by atoms with E-state index < -0.39 is 7.26 Å². The van der Waals surface area contributed by atoms with Crippen molar-refractivity contribution in [1.82, 2.24) is 9.97 Å². The third-order valence-corrected chi connectivity index (χ3v) is 20.4. The maximum Gasteiger partial charge on any atom is 0.123 e. The molecule has 2 heterocycles. The topological polar surface area (TPSA) is 32.3 Å². The van der Waals surface area contributed by atoms with Gasteiger partial charge in [-0.05, 0) is 144 Å². The maximum absolute atomic E-state index is 4.97. The van der Waals surface area contributed by atoms with E-state index in [1.165, 1.54) is 141 Å². The Morgan fingerprint density at radius 1 is 0.500 bits per heavy atom. The van der Waals surface area contributed by atoms with Gasteiger partial charge in [0.15, 0.2) is 0 Å². The van der Waals surface area contributed by atoms with Gasteiger partial charge in [-0.25, -0.2) is 0 Å². The molecule has 302 valence electrons. The van der Waals surface area contributed by atoms with Gasteiger partial charge in [0.2, 0.25) is 0 Å². The molecule has 8 aromatic rings. The van der Waals surface area contributed by atoms with Crippen LogP contribution in [-0.2, 0) is 0 Å². The third kappa shape index (κ3) is 7.25. The molecular formula is C54H57N4P2+. The molecule has 4 nitrogen and oxygen atoms in total. The molecule has 0 radical (unpaired) electrons. The Kier molecular flexibility index (Phi) is 10.8. The molecule has 0 bridgehead atoms. The average Bonchev–Trinajstić information content (AvgIpc) is 3.30. The minimum absolute atomic E-state index is 0.556. The van der Waals surface area contributed by atoms with E-state index in [0.717, 1.165) is 25.3 Å². The zero-order chi connectivity index (χ0) is 40.8. The van der Waals surface area contributed by atoms with Gasteiger partial charge in [0.25, 0.3) is 0 Å². The van der Waals surface area contributed by atoms with E-state index in [4.69, 9.17) is 9.97 Å². The van der Waals surface area contributed by atoms with Crippen LogP contribution >= 0.6 is 15.8 Å². The summed E-state index contributed by atoms with van der Waals surface area (Å²) in [4.78, 5) is 14.9. The first kappa shape index (κ1) is 39.3. The summed E-state index contributed by atoms with van der Waals surface area (Å²) in [6, 6.07) is 46.4. The smallest absolute Gasteiger partial charge is 0.123 e. The molecule has 2 fully saturated rings.